The van der Waals surface area contributed by atoms with Crippen LogP contribution >= 0.6 is 0 Å². The molecule has 0 amide bonds. The summed E-state index contributed by atoms with van der Waals surface area (Å²) in [5, 5.41) is 4.35. The fourth-order valence-corrected chi connectivity index (χ4v) is 2.65. The summed E-state index contributed by atoms with van der Waals surface area (Å²) in [6, 6.07) is 0.336. The van der Waals surface area contributed by atoms with Crippen LogP contribution in [0.25, 0.3) is 0 Å². The summed E-state index contributed by atoms with van der Waals surface area (Å²) >= 11 is 0. The summed E-state index contributed by atoms with van der Waals surface area (Å²) in [5.41, 5.74) is 7.21. The molecule has 96 valence electrons. The maximum absolute atomic E-state index is 5.95. The Morgan fingerprint density at radius 1 is 1.41 bits per heavy atom. The molecule has 1 aliphatic rings. The van der Waals surface area contributed by atoms with Crippen molar-refractivity contribution in [1.29, 1.82) is 0 Å². The average molecular weight is 236 g/mol. The summed E-state index contributed by atoms with van der Waals surface area (Å²) < 4.78 is 1.97. The molecule has 0 bridgehead atoms. The zero-order valence-electron chi connectivity index (χ0n) is 11.1. The number of aromatic nitrogens is 2. The van der Waals surface area contributed by atoms with Gasteiger partial charge in [0, 0.05) is 37.9 Å². The molecular weight excluding hydrogens is 212 g/mol. The summed E-state index contributed by atoms with van der Waals surface area (Å²) in [6.45, 7) is 10.7. The number of nitrogens with zero attached hydrogens (tertiary/aromatic N) is 3. The highest BCUT2D eigenvalue weighted by molar-refractivity contribution is 5.12. The van der Waals surface area contributed by atoms with Crippen molar-refractivity contribution in [2.75, 3.05) is 19.6 Å². The van der Waals surface area contributed by atoms with E-state index in [1.807, 2.05) is 10.9 Å². The molecule has 0 radical (unpaired) electrons. The van der Waals surface area contributed by atoms with Crippen LogP contribution in [0, 0.1) is 11.8 Å². The van der Waals surface area contributed by atoms with E-state index in [0.717, 1.165) is 31.5 Å². The van der Waals surface area contributed by atoms with Crippen LogP contribution in [0.1, 0.15) is 32.4 Å². The highest BCUT2D eigenvalue weighted by Gasteiger charge is 2.31. The quantitative estimate of drug-likeness (QED) is 0.861. The fraction of sp³-hybridized carbons (Fsp3) is 0.769. The molecule has 1 aliphatic heterocycles. The SMILES string of the molecule is CCn1cc(C(CN)N2CC(C)C(C)C2)cn1. The molecule has 4 heteroatoms. The Kier molecular flexibility index (Phi) is 3.84. The average Bonchev–Trinajstić information content (AvgIpc) is 2.89. The molecule has 3 atom stereocenters. The van der Waals surface area contributed by atoms with E-state index in [2.05, 4.69) is 37.0 Å². The van der Waals surface area contributed by atoms with Crippen molar-refractivity contribution < 1.29 is 0 Å². The Balaban J connectivity index is 2.11. The van der Waals surface area contributed by atoms with Gasteiger partial charge in [-0.25, -0.2) is 0 Å². The second kappa shape index (κ2) is 5.19. The highest BCUT2D eigenvalue weighted by Crippen LogP contribution is 2.29. The van der Waals surface area contributed by atoms with Crippen molar-refractivity contribution in [3.8, 4) is 0 Å². The van der Waals surface area contributed by atoms with Crippen LogP contribution in [0.4, 0.5) is 0 Å². The lowest BCUT2D eigenvalue weighted by atomic mass is 10.0. The molecule has 2 heterocycles. The van der Waals surface area contributed by atoms with Gasteiger partial charge < -0.3 is 5.73 Å². The molecule has 1 aromatic rings. The smallest absolute Gasteiger partial charge is 0.0538 e. The lowest BCUT2D eigenvalue weighted by Gasteiger charge is -2.25. The second-order valence-electron chi connectivity index (χ2n) is 5.29. The second-order valence-corrected chi connectivity index (χ2v) is 5.29. The Morgan fingerprint density at radius 2 is 2.06 bits per heavy atom. The Hall–Kier alpha value is -0.870. The van der Waals surface area contributed by atoms with Gasteiger partial charge in [-0.05, 0) is 18.8 Å². The summed E-state index contributed by atoms with van der Waals surface area (Å²) in [6.07, 6.45) is 4.10. The third-order valence-electron chi connectivity index (χ3n) is 4.04. The topological polar surface area (TPSA) is 47.1 Å². The van der Waals surface area contributed by atoms with Gasteiger partial charge in [-0.15, -0.1) is 0 Å². The van der Waals surface area contributed by atoms with Gasteiger partial charge in [0.25, 0.3) is 0 Å². The van der Waals surface area contributed by atoms with E-state index in [-0.39, 0.29) is 0 Å². The van der Waals surface area contributed by atoms with Crippen molar-refractivity contribution >= 4 is 0 Å². The van der Waals surface area contributed by atoms with Gasteiger partial charge >= 0.3 is 0 Å². The lowest BCUT2D eigenvalue weighted by Crippen LogP contribution is -2.32. The summed E-state index contributed by atoms with van der Waals surface area (Å²) in [4.78, 5) is 2.51. The Morgan fingerprint density at radius 3 is 2.53 bits per heavy atom. The van der Waals surface area contributed by atoms with E-state index >= 15 is 0 Å². The number of rotatable bonds is 4. The molecule has 3 unspecified atom stereocenters. The molecule has 0 aromatic carbocycles. The largest absolute Gasteiger partial charge is 0.329 e. The maximum Gasteiger partial charge on any atom is 0.0538 e. The lowest BCUT2D eigenvalue weighted by molar-refractivity contribution is 0.240. The number of likely N-dealkylation sites (tertiary alicyclic amines) is 1. The van der Waals surface area contributed by atoms with Gasteiger partial charge in [-0.3, -0.25) is 9.58 Å². The van der Waals surface area contributed by atoms with E-state index < -0.39 is 0 Å². The molecule has 0 aliphatic carbocycles. The normalized spacial score (nSPS) is 27.5. The molecule has 17 heavy (non-hydrogen) atoms. The summed E-state index contributed by atoms with van der Waals surface area (Å²) in [5.74, 6) is 1.54. The van der Waals surface area contributed by atoms with Gasteiger partial charge in [0.2, 0.25) is 0 Å². The van der Waals surface area contributed by atoms with Crippen LogP contribution in [0.5, 0.6) is 0 Å². The van der Waals surface area contributed by atoms with Crippen LogP contribution in [0.3, 0.4) is 0 Å². The van der Waals surface area contributed by atoms with E-state index in [9.17, 15) is 0 Å². The van der Waals surface area contributed by atoms with Gasteiger partial charge in [0.15, 0.2) is 0 Å². The van der Waals surface area contributed by atoms with Crippen LogP contribution in [0.2, 0.25) is 0 Å². The van der Waals surface area contributed by atoms with Gasteiger partial charge in [-0.1, -0.05) is 13.8 Å². The number of hydrogen-bond acceptors (Lipinski definition) is 3. The minimum atomic E-state index is 0.336. The molecule has 0 spiro atoms. The van der Waals surface area contributed by atoms with Crippen LogP contribution in [0.15, 0.2) is 12.4 Å². The van der Waals surface area contributed by atoms with E-state index in [1.165, 1.54) is 5.56 Å². The molecule has 1 fully saturated rings. The van der Waals surface area contributed by atoms with Crippen molar-refractivity contribution in [3.63, 3.8) is 0 Å². The molecule has 0 saturated carbocycles. The number of nitrogens with two attached hydrogens (primary N) is 1. The van der Waals surface area contributed by atoms with E-state index in [4.69, 9.17) is 5.73 Å². The Labute approximate surface area is 104 Å². The third kappa shape index (κ3) is 2.53. The van der Waals surface area contributed by atoms with Crippen molar-refractivity contribution in [1.82, 2.24) is 14.7 Å². The van der Waals surface area contributed by atoms with Crippen molar-refractivity contribution in [3.05, 3.63) is 18.0 Å². The highest BCUT2D eigenvalue weighted by atomic mass is 15.3. The third-order valence-corrected chi connectivity index (χ3v) is 4.04. The predicted octanol–water partition coefficient (Wildman–Crippen LogP) is 1.49. The molecule has 4 nitrogen and oxygen atoms in total. The first-order valence-corrected chi connectivity index (χ1v) is 6.62. The monoisotopic (exact) mass is 236 g/mol. The summed E-state index contributed by atoms with van der Waals surface area (Å²) in [7, 11) is 0. The zero-order valence-corrected chi connectivity index (χ0v) is 11.1. The first-order chi connectivity index (χ1) is 8.15. The molecule has 2 N–H and O–H groups in total. The van der Waals surface area contributed by atoms with E-state index in [1.54, 1.807) is 0 Å². The van der Waals surface area contributed by atoms with Crippen molar-refractivity contribution in [2.24, 2.45) is 17.6 Å². The number of hydrogen-bond donors (Lipinski definition) is 1. The number of aryl methyl sites for hydroxylation is 1. The molecule has 1 saturated heterocycles. The van der Waals surface area contributed by atoms with Crippen LogP contribution in [-0.2, 0) is 6.54 Å². The Bertz CT molecular complexity index is 350. The first kappa shape index (κ1) is 12.6. The molecule has 2 rings (SSSR count). The van der Waals surface area contributed by atoms with Crippen LogP contribution < -0.4 is 5.73 Å². The zero-order chi connectivity index (χ0) is 12.4. The maximum atomic E-state index is 5.95. The van der Waals surface area contributed by atoms with Gasteiger partial charge in [0.05, 0.1) is 12.2 Å². The van der Waals surface area contributed by atoms with Crippen molar-refractivity contribution in [2.45, 2.75) is 33.4 Å². The van der Waals surface area contributed by atoms with Crippen LogP contribution in [-0.4, -0.2) is 34.3 Å². The standard InChI is InChI=1S/C13H24N4/c1-4-17-9-12(6-15-17)13(5-14)16-7-10(2)11(3)8-16/h6,9-11,13H,4-5,7-8,14H2,1-3H3. The minimum Gasteiger partial charge on any atom is -0.329 e. The minimum absolute atomic E-state index is 0.336. The van der Waals surface area contributed by atoms with Gasteiger partial charge in [-0.2, -0.15) is 5.10 Å². The van der Waals surface area contributed by atoms with Gasteiger partial charge in [0.1, 0.15) is 0 Å². The molecular formula is C13H24N4. The molecule has 1 aromatic heterocycles. The first-order valence-electron chi connectivity index (χ1n) is 6.62. The fourth-order valence-electron chi connectivity index (χ4n) is 2.65. The predicted molar refractivity (Wildman–Crippen MR) is 69.6 cm³/mol. The van der Waals surface area contributed by atoms with E-state index in [0.29, 0.717) is 12.6 Å².